The Morgan fingerprint density at radius 2 is 1.86 bits per heavy atom. The minimum absolute atomic E-state index is 0.165. The summed E-state index contributed by atoms with van der Waals surface area (Å²) >= 11 is 6.15. The number of methoxy groups -OCH3 is 1. The van der Waals surface area contributed by atoms with Crippen molar-refractivity contribution in [1.82, 2.24) is 20.4 Å². The number of likely N-dealkylation sites (N-methyl/N-ethyl adjacent to an activating group) is 1. The van der Waals surface area contributed by atoms with Crippen LogP contribution < -0.4 is 15.4 Å². The zero-order valence-electron chi connectivity index (χ0n) is 33.3. The molecule has 1 aromatic rings. The maximum Gasteiger partial charge on any atom is 0.407 e. The van der Waals surface area contributed by atoms with Crippen molar-refractivity contribution < 1.29 is 47.7 Å². The minimum atomic E-state index is -1.04. The molecular formula is C41H55ClN4O10. The Labute approximate surface area is 333 Å². The topological polar surface area (TPSA) is 173 Å². The van der Waals surface area contributed by atoms with Crippen LogP contribution in [0.4, 0.5) is 4.79 Å². The predicted octanol–water partition coefficient (Wildman–Crippen LogP) is 4.82. The highest BCUT2D eigenvalue weighted by molar-refractivity contribution is 6.32. The van der Waals surface area contributed by atoms with Gasteiger partial charge in [-0.25, -0.2) is 9.59 Å². The standard InChI is InChI=1S/C41H55ClN4O10/c1-25(21-28-16-17-30(42)32(22-28)53-7)13-10-11-14-29-23-31(54-40(52)44-29)26(2)38-41(4,56-38)33(24-34(47)43-5)55-39(51)27(3)45(6)35(48)15-9-8-12-20-46-36(49)18-19-37(46)50/h10-11,13,16-19,22,26-27,29,31,33,38H,8-9,12,14-15,20-21,23-24H2,1-7H3,(H,43,47)(H,44,52)/b11-10+,25-13+/t26-,27?,29?,31?,33+,38?,41?/m1/s1. The number of allylic oxidation sites excluding steroid dienone is 3. The molecule has 306 valence electrons. The van der Waals surface area contributed by atoms with E-state index in [2.05, 4.69) is 10.6 Å². The van der Waals surface area contributed by atoms with Crippen molar-refractivity contribution in [3.63, 3.8) is 0 Å². The molecule has 3 aliphatic rings. The Kier molecular flexibility index (Phi) is 15.7. The molecule has 15 heteroatoms. The molecule has 0 radical (unpaired) electrons. The van der Waals surface area contributed by atoms with Crippen molar-refractivity contribution in [2.45, 2.75) is 115 Å². The Morgan fingerprint density at radius 3 is 2.54 bits per heavy atom. The van der Waals surface area contributed by atoms with Gasteiger partial charge in [-0.05, 0) is 64.2 Å². The number of amides is 5. The summed E-state index contributed by atoms with van der Waals surface area (Å²) in [6, 6.07) is 4.57. The number of epoxide rings is 1. The Balaban J connectivity index is 1.28. The summed E-state index contributed by atoms with van der Waals surface area (Å²) in [7, 11) is 4.59. The molecule has 2 N–H and O–H groups in total. The number of hydrogen-bond acceptors (Lipinski definition) is 10. The van der Waals surface area contributed by atoms with E-state index in [1.165, 1.54) is 31.1 Å². The van der Waals surface area contributed by atoms with E-state index in [0.29, 0.717) is 42.9 Å². The average Bonchev–Trinajstić information content (AvgIpc) is 3.77. The third-order valence-electron chi connectivity index (χ3n) is 10.7. The second-order valence-corrected chi connectivity index (χ2v) is 15.3. The first-order chi connectivity index (χ1) is 26.6. The van der Waals surface area contributed by atoms with Gasteiger partial charge < -0.3 is 34.5 Å². The van der Waals surface area contributed by atoms with Crippen LogP contribution in [0, 0.1) is 5.92 Å². The van der Waals surface area contributed by atoms with E-state index >= 15 is 0 Å². The summed E-state index contributed by atoms with van der Waals surface area (Å²) in [5.74, 6) is -1.64. The van der Waals surface area contributed by atoms with Gasteiger partial charge in [0.05, 0.1) is 24.7 Å². The van der Waals surface area contributed by atoms with Gasteiger partial charge in [0.1, 0.15) is 29.6 Å². The van der Waals surface area contributed by atoms with Crippen LogP contribution >= 0.6 is 11.6 Å². The molecule has 56 heavy (non-hydrogen) atoms. The number of unbranched alkanes of at least 4 members (excludes halogenated alkanes) is 2. The number of nitrogens with one attached hydrogen (secondary N) is 2. The number of alkyl carbamates (subject to hydrolysis) is 1. The van der Waals surface area contributed by atoms with Crippen LogP contribution in [0.15, 0.2) is 54.2 Å². The second kappa shape index (κ2) is 19.9. The normalized spacial score (nSPS) is 23.6. The molecule has 14 nitrogen and oxygen atoms in total. The van der Waals surface area contributed by atoms with Gasteiger partial charge >= 0.3 is 12.1 Å². The first kappa shape index (κ1) is 44.0. The summed E-state index contributed by atoms with van der Waals surface area (Å²) in [6.45, 7) is 7.56. The van der Waals surface area contributed by atoms with E-state index < -0.39 is 42.0 Å². The monoisotopic (exact) mass is 798 g/mol. The number of esters is 1. The quantitative estimate of drug-likeness (QED) is 0.0612. The number of imide groups is 1. The van der Waals surface area contributed by atoms with E-state index in [1.807, 2.05) is 50.3 Å². The number of carbonyl (C=O) groups excluding carboxylic acids is 6. The van der Waals surface area contributed by atoms with Crippen molar-refractivity contribution in [2.24, 2.45) is 5.92 Å². The van der Waals surface area contributed by atoms with Crippen molar-refractivity contribution in [2.75, 3.05) is 27.7 Å². The molecule has 3 heterocycles. The van der Waals surface area contributed by atoms with E-state index in [0.717, 1.165) is 22.5 Å². The van der Waals surface area contributed by atoms with Crippen LogP contribution in [-0.4, -0.2) is 109 Å². The molecule has 2 fully saturated rings. The maximum absolute atomic E-state index is 13.4. The van der Waals surface area contributed by atoms with E-state index in [9.17, 15) is 28.8 Å². The third kappa shape index (κ3) is 11.7. The summed E-state index contributed by atoms with van der Waals surface area (Å²) in [5.41, 5.74) is 1.17. The van der Waals surface area contributed by atoms with Gasteiger partial charge in [-0.1, -0.05) is 54.8 Å². The molecule has 1 aromatic carbocycles. The fourth-order valence-electron chi connectivity index (χ4n) is 6.99. The lowest BCUT2D eigenvalue weighted by Gasteiger charge is -2.33. The SMILES string of the molecule is CNC(=O)C[C@H](OC(=O)C(C)N(C)C(=O)CCCCCN1C(=O)C=CC1=O)C1(C)OC1[C@H](C)C1CC(C/C=C/C=C(\C)Cc2ccc(Cl)c(OC)c2)NC(=O)O1. The van der Waals surface area contributed by atoms with Crippen molar-refractivity contribution in [3.8, 4) is 5.75 Å². The third-order valence-corrected chi connectivity index (χ3v) is 11.0. The molecule has 7 atom stereocenters. The lowest BCUT2D eigenvalue weighted by molar-refractivity contribution is -0.162. The number of ether oxygens (including phenoxy) is 4. The highest BCUT2D eigenvalue weighted by atomic mass is 35.5. The summed E-state index contributed by atoms with van der Waals surface area (Å²) < 4.78 is 23.1. The van der Waals surface area contributed by atoms with Crippen LogP contribution in [0.5, 0.6) is 5.75 Å². The van der Waals surface area contributed by atoms with Gasteiger partial charge in [-0.2, -0.15) is 0 Å². The van der Waals surface area contributed by atoms with Crippen LogP contribution in [0.3, 0.4) is 0 Å². The zero-order valence-corrected chi connectivity index (χ0v) is 34.1. The van der Waals surface area contributed by atoms with Crippen molar-refractivity contribution in [1.29, 1.82) is 0 Å². The Bertz CT molecular complexity index is 1710. The smallest absolute Gasteiger partial charge is 0.407 e. The molecule has 0 aromatic heterocycles. The minimum Gasteiger partial charge on any atom is -0.495 e. The van der Waals surface area contributed by atoms with Crippen molar-refractivity contribution >= 4 is 47.3 Å². The number of carbonyl (C=O) groups is 6. The first-order valence-corrected chi connectivity index (χ1v) is 19.5. The lowest BCUT2D eigenvalue weighted by atomic mass is 9.85. The van der Waals surface area contributed by atoms with Crippen LogP contribution in [0.1, 0.15) is 78.2 Å². The molecule has 0 saturated carbocycles. The number of benzene rings is 1. The Hall–Kier alpha value is -4.69. The molecule has 5 unspecified atom stereocenters. The van der Waals surface area contributed by atoms with E-state index in [-0.39, 0.29) is 55.0 Å². The summed E-state index contributed by atoms with van der Waals surface area (Å²) in [4.78, 5) is 77.5. The molecule has 0 spiro atoms. The molecular weight excluding hydrogens is 744 g/mol. The molecule has 3 aliphatic heterocycles. The first-order valence-electron chi connectivity index (χ1n) is 19.1. The van der Waals surface area contributed by atoms with Crippen LogP contribution in [-0.2, 0) is 44.6 Å². The number of rotatable bonds is 20. The number of hydrogen-bond donors (Lipinski definition) is 2. The summed E-state index contributed by atoms with van der Waals surface area (Å²) in [5, 5.41) is 6.02. The molecule has 2 saturated heterocycles. The number of nitrogens with zero attached hydrogens (tertiary/aromatic N) is 2. The number of halogens is 1. The fourth-order valence-corrected chi connectivity index (χ4v) is 7.19. The van der Waals surface area contributed by atoms with Crippen molar-refractivity contribution in [3.05, 3.63) is 64.7 Å². The lowest BCUT2D eigenvalue weighted by Crippen LogP contribution is -2.49. The second-order valence-electron chi connectivity index (χ2n) is 14.9. The largest absolute Gasteiger partial charge is 0.495 e. The molecule has 0 bridgehead atoms. The summed E-state index contributed by atoms with van der Waals surface area (Å²) in [6.07, 6.45) is 9.52. The van der Waals surface area contributed by atoms with Gasteiger partial charge in [0.15, 0.2) is 0 Å². The van der Waals surface area contributed by atoms with Crippen LogP contribution in [0.25, 0.3) is 0 Å². The maximum atomic E-state index is 13.4. The van der Waals surface area contributed by atoms with Gasteiger partial charge in [0.2, 0.25) is 11.8 Å². The van der Waals surface area contributed by atoms with Gasteiger partial charge in [-0.3, -0.25) is 24.1 Å². The van der Waals surface area contributed by atoms with Crippen LogP contribution in [0.2, 0.25) is 5.02 Å². The Morgan fingerprint density at radius 1 is 1.14 bits per heavy atom. The van der Waals surface area contributed by atoms with Gasteiger partial charge in [0.25, 0.3) is 11.8 Å². The van der Waals surface area contributed by atoms with E-state index in [4.69, 9.17) is 30.5 Å². The number of cyclic esters (lactones) is 1. The van der Waals surface area contributed by atoms with Gasteiger partial charge in [0, 0.05) is 57.6 Å². The molecule has 4 rings (SSSR count). The molecule has 5 amide bonds. The predicted molar refractivity (Wildman–Crippen MR) is 209 cm³/mol. The fraction of sp³-hybridized carbons (Fsp3) is 0.561. The highest BCUT2D eigenvalue weighted by Gasteiger charge is 2.63. The average molecular weight is 799 g/mol. The highest BCUT2D eigenvalue weighted by Crippen LogP contribution is 2.48. The van der Waals surface area contributed by atoms with Gasteiger partial charge in [-0.15, -0.1) is 0 Å². The zero-order chi connectivity index (χ0) is 41.2. The van der Waals surface area contributed by atoms with E-state index in [1.54, 1.807) is 21.0 Å². The molecule has 0 aliphatic carbocycles.